The highest BCUT2D eigenvalue weighted by molar-refractivity contribution is 7.93. The van der Waals surface area contributed by atoms with E-state index in [4.69, 9.17) is 4.74 Å². The Morgan fingerprint density at radius 3 is 2.62 bits per heavy atom. The Hall–Kier alpha value is -2.77. The topological polar surface area (TPSA) is 75.6 Å². The lowest BCUT2D eigenvalue weighted by atomic mass is 9.85. The van der Waals surface area contributed by atoms with Gasteiger partial charge in [-0.25, -0.2) is 22.1 Å². The van der Waals surface area contributed by atoms with Gasteiger partial charge in [-0.05, 0) is 31.0 Å². The third kappa shape index (κ3) is 4.91. The number of halogens is 4. The standard InChI is InChI=1S/C24H24F4N4O3S2/c1-31(23-30-8-11-36-23)37(33,34)22-14-21-16(13-17(22)25)19(6-10-35-21)32-9-5-15(24(26,27)28)12-20(32)18-4-2-3-7-29-18/h2-4,7-8,11,13-15,19-20H,5-6,9-10,12H2,1H3/t15-,19+,20+/m1/s1. The van der Waals surface area contributed by atoms with Crippen LogP contribution in [0.1, 0.15) is 42.6 Å². The number of fused-ring (bicyclic) bond motifs is 1. The predicted octanol–water partition coefficient (Wildman–Crippen LogP) is 5.34. The van der Waals surface area contributed by atoms with Gasteiger partial charge >= 0.3 is 6.18 Å². The van der Waals surface area contributed by atoms with Crippen molar-refractivity contribution in [3.63, 3.8) is 0 Å². The van der Waals surface area contributed by atoms with Crippen LogP contribution in [0.15, 0.2) is 53.0 Å². The number of nitrogens with zero attached hydrogens (tertiary/aromatic N) is 4. The molecular formula is C24H24F4N4O3S2. The van der Waals surface area contributed by atoms with E-state index in [9.17, 15) is 21.6 Å². The minimum absolute atomic E-state index is 0.0902. The Balaban J connectivity index is 1.51. The Morgan fingerprint density at radius 2 is 1.95 bits per heavy atom. The van der Waals surface area contributed by atoms with Crippen molar-refractivity contribution in [3.8, 4) is 5.75 Å². The average Bonchev–Trinajstić information content (AvgIpc) is 3.42. The number of likely N-dealkylation sites (tertiary alicyclic amines) is 1. The third-order valence-electron chi connectivity index (χ3n) is 6.94. The third-order valence-corrected chi connectivity index (χ3v) is 9.66. The van der Waals surface area contributed by atoms with Crippen molar-refractivity contribution in [1.82, 2.24) is 14.9 Å². The molecule has 0 spiro atoms. The SMILES string of the molecule is CN(c1nccs1)S(=O)(=O)c1cc2c(cc1F)[C@@H](N1CC[C@@H](C(F)(F)F)C[C@H]1c1ccccn1)CCO2. The predicted molar refractivity (Wildman–Crippen MR) is 129 cm³/mol. The minimum atomic E-state index is -4.33. The Bertz CT molecular complexity index is 1350. The quantitative estimate of drug-likeness (QED) is 0.395. The molecule has 2 aromatic heterocycles. The van der Waals surface area contributed by atoms with Crippen LogP contribution >= 0.6 is 11.3 Å². The van der Waals surface area contributed by atoms with E-state index >= 15 is 4.39 Å². The molecule has 5 rings (SSSR count). The zero-order valence-corrected chi connectivity index (χ0v) is 21.4. The molecule has 1 fully saturated rings. The zero-order chi connectivity index (χ0) is 26.4. The molecule has 0 unspecified atom stereocenters. The van der Waals surface area contributed by atoms with E-state index in [1.165, 1.54) is 13.2 Å². The molecule has 1 aromatic carbocycles. The van der Waals surface area contributed by atoms with Crippen LogP contribution in [0, 0.1) is 11.7 Å². The smallest absolute Gasteiger partial charge is 0.391 e. The van der Waals surface area contributed by atoms with Crippen LogP contribution in [-0.2, 0) is 10.0 Å². The lowest BCUT2D eigenvalue weighted by molar-refractivity contribution is -0.192. The zero-order valence-electron chi connectivity index (χ0n) is 19.7. The molecule has 4 heterocycles. The minimum Gasteiger partial charge on any atom is -0.493 e. The van der Waals surface area contributed by atoms with Gasteiger partial charge in [-0.2, -0.15) is 13.2 Å². The van der Waals surface area contributed by atoms with Crippen molar-refractivity contribution in [1.29, 1.82) is 0 Å². The molecule has 37 heavy (non-hydrogen) atoms. The van der Waals surface area contributed by atoms with E-state index < -0.39 is 44.9 Å². The van der Waals surface area contributed by atoms with E-state index in [0.29, 0.717) is 17.7 Å². The maximum atomic E-state index is 15.4. The fraction of sp³-hybridized carbons (Fsp3) is 0.417. The van der Waals surface area contributed by atoms with Gasteiger partial charge in [0.25, 0.3) is 10.0 Å². The van der Waals surface area contributed by atoms with Gasteiger partial charge in [-0.15, -0.1) is 11.3 Å². The van der Waals surface area contributed by atoms with Gasteiger partial charge in [0.1, 0.15) is 16.5 Å². The summed E-state index contributed by atoms with van der Waals surface area (Å²) in [6.07, 6.45) is -1.18. The van der Waals surface area contributed by atoms with Crippen molar-refractivity contribution in [3.05, 3.63) is 65.2 Å². The molecule has 1 saturated heterocycles. The highest BCUT2D eigenvalue weighted by Gasteiger charge is 2.47. The molecule has 13 heteroatoms. The van der Waals surface area contributed by atoms with Crippen LogP contribution in [0.4, 0.5) is 22.7 Å². The molecule has 198 valence electrons. The number of ether oxygens (including phenoxy) is 1. The number of benzene rings is 1. The fourth-order valence-corrected chi connectivity index (χ4v) is 7.10. The first kappa shape index (κ1) is 25.9. The Morgan fingerprint density at radius 1 is 1.14 bits per heavy atom. The summed E-state index contributed by atoms with van der Waals surface area (Å²) in [7, 11) is -2.98. The maximum absolute atomic E-state index is 15.4. The van der Waals surface area contributed by atoms with E-state index in [1.807, 2.05) is 4.90 Å². The summed E-state index contributed by atoms with van der Waals surface area (Å²) in [6.45, 7) is 0.337. The molecule has 3 atom stereocenters. The van der Waals surface area contributed by atoms with Crippen molar-refractivity contribution in [2.45, 2.75) is 42.4 Å². The van der Waals surface area contributed by atoms with Crippen LogP contribution < -0.4 is 9.04 Å². The number of sulfonamides is 1. The molecule has 7 nitrogen and oxygen atoms in total. The highest BCUT2D eigenvalue weighted by atomic mass is 32.2. The average molecular weight is 557 g/mol. The van der Waals surface area contributed by atoms with Crippen LogP contribution in [0.3, 0.4) is 0 Å². The van der Waals surface area contributed by atoms with Crippen molar-refractivity contribution < 1.29 is 30.7 Å². The first-order valence-electron chi connectivity index (χ1n) is 11.7. The van der Waals surface area contributed by atoms with Gasteiger partial charge in [0.15, 0.2) is 5.13 Å². The van der Waals surface area contributed by atoms with Crippen LogP contribution in [0.5, 0.6) is 5.75 Å². The van der Waals surface area contributed by atoms with Crippen LogP contribution in [-0.4, -0.2) is 49.7 Å². The first-order valence-corrected chi connectivity index (χ1v) is 14.0. The number of anilines is 1. The van der Waals surface area contributed by atoms with Crippen LogP contribution in [0.25, 0.3) is 0 Å². The second-order valence-electron chi connectivity index (χ2n) is 9.03. The van der Waals surface area contributed by atoms with Gasteiger partial charge in [0.05, 0.1) is 24.3 Å². The molecule has 3 aromatic rings. The van der Waals surface area contributed by atoms with Gasteiger partial charge in [0, 0.05) is 55.5 Å². The van der Waals surface area contributed by atoms with Crippen molar-refractivity contribution >= 4 is 26.5 Å². The normalized spacial score (nSPS) is 22.8. The maximum Gasteiger partial charge on any atom is 0.391 e. The number of hydrogen-bond donors (Lipinski definition) is 0. The van der Waals surface area contributed by atoms with Gasteiger partial charge < -0.3 is 4.74 Å². The Kier molecular flexibility index (Phi) is 6.88. The molecule has 0 radical (unpaired) electrons. The highest BCUT2D eigenvalue weighted by Crippen LogP contribution is 2.48. The second kappa shape index (κ2) is 9.84. The largest absolute Gasteiger partial charge is 0.493 e. The fourth-order valence-electron chi connectivity index (χ4n) is 5.05. The van der Waals surface area contributed by atoms with Gasteiger partial charge in [-0.3, -0.25) is 9.88 Å². The molecule has 2 aliphatic rings. The number of aromatic nitrogens is 2. The molecule has 0 N–H and O–H groups in total. The summed E-state index contributed by atoms with van der Waals surface area (Å²) in [5, 5.41) is 1.79. The van der Waals surface area contributed by atoms with E-state index in [0.717, 1.165) is 27.8 Å². The molecule has 0 saturated carbocycles. The summed E-state index contributed by atoms with van der Waals surface area (Å²) in [5.41, 5.74) is 0.917. The van der Waals surface area contributed by atoms with Crippen molar-refractivity contribution in [2.75, 3.05) is 24.5 Å². The summed E-state index contributed by atoms with van der Waals surface area (Å²) in [6, 6.07) is 6.31. The van der Waals surface area contributed by atoms with E-state index in [-0.39, 0.29) is 36.9 Å². The summed E-state index contributed by atoms with van der Waals surface area (Å²) in [5.74, 6) is -2.24. The molecular weight excluding hydrogens is 532 g/mol. The lowest BCUT2D eigenvalue weighted by Crippen LogP contribution is -2.44. The van der Waals surface area contributed by atoms with E-state index in [1.54, 1.807) is 29.8 Å². The number of hydrogen-bond acceptors (Lipinski definition) is 7. The Labute approximate surface area is 215 Å². The second-order valence-corrected chi connectivity index (χ2v) is 11.8. The lowest BCUT2D eigenvalue weighted by Gasteiger charge is -2.45. The first-order chi connectivity index (χ1) is 17.6. The number of thiazole rings is 1. The molecule has 0 aliphatic carbocycles. The molecule has 2 aliphatic heterocycles. The summed E-state index contributed by atoms with van der Waals surface area (Å²) < 4.78 is 89.3. The van der Waals surface area contributed by atoms with Crippen molar-refractivity contribution in [2.24, 2.45) is 5.92 Å². The molecule has 0 amide bonds. The summed E-state index contributed by atoms with van der Waals surface area (Å²) >= 11 is 1.10. The van der Waals surface area contributed by atoms with Gasteiger partial charge in [0.2, 0.25) is 0 Å². The number of rotatable bonds is 5. The number of piperidine rings is 1. The number of alkyl halides is 3. The number of pyridine rings is 1. The monoisotopic (exact) mass is 556 g/mol. The van der Waals surface area contributed by atoms with E-state index in [2.05, 4.69) is 9.97 Å². The summed E-state index contributed by atoms with van der Waals surface area (Å²) in [4.78, 5) is 9.67. The molecule has 0 bridgehead atoms. The van der Waals surface area contributed by atoms with Crippen LogP contribution in [0.2, 0.25) is 0 Å². The van der Waals surface area contributed by atoms with Gasteiger partial charge in [-0.1, -0.05) is 6.07 Å².